The summed E-state index contributed by atoms with van der Waals surface area (Å²) in [6.45, 7) is 0. The first-order valence-electron chi connectivity index (χ1n) is 5.27. The zero-order valence-electron chi connectivity index (χ0n) is 9.13. The minimum Gasteiger partial charge on any atom is -0.269 e. The average Bonchev–Trinajstić information content (AvgIpc) is 2.68. The van der Waals surface area contributed by atoms with E-state index in [4.69, 9.17) is 0 Å². The smallest absolute Gasteiger partial charge is 0.258 e. The predicted molar refractivity (Wildman–Crippen MR) is 71.1 cm³/mol. The van der Waals surface area contributed by atoms with E-state index in [-0.39, 0.29) is 11.8 Å². The van der Waals surface area contributed by atoms with Gasteiger partial charge < -0.3 is 0 Å². The number of anilines is 1. The van der Waals surface area contributed by atoms with Crippen molar-refractivity contribution in [1.82, 2.24) is 4.98 Å². The van der Waals surface area contributed by atoms with Crippen LogP contribution in [-0.4, -0.2) is 16.8 Å². The zero-order chi connectivity index (χ0) is 12.7. The third-order valence-corrected chi connectivity index (χ3v) is 3.14. The second-order valence-corrected chi connectivity index (χ2v) is 4.76. The number of carbonyl (C=O) groups is 2. The third-order valence-electron chi connectivity index (χ3n) is 2.71. The molecule has 0 fully saturated rings. The number of fused-ring (bicyclic) bond motifs is 1. The van der Waals surface area contributed by atoms with Gasteiger partial charge in [-0.15, -0.1) is 0 Å². The molecule has 0 N–H and O–H groups in total. The standard InChI is InChI=1S/C13H7BrN2O2/c14-9-6-8-2-1-3-10(13(8)15-7-9)16-11(17)4-5-12(16)18/h1-7H. The van der Waals surface area contributed by atoms with Crippen LogP contribution in [0.15, 0.2) is 47.1 Å². The number of rotatable bonds is 1. The van der Waals surface area contributed by atoms with Gasteiger partial charge in [-0.25, -0.2) is 4.90 Å². The lowest BCUT2D eigenvalue weighted by atomic mass is 10.2. The topological polar surface area (TPSA) is 50.3 Å². The Morgan fingerprint density at radius 3 is 2.56 bits per heavy atom. The molecule has 0 aliphatic carbocycles. The lowest BCUT2D eigenvalue weighted by Gasteiger charge is -2.15. The number of pyridine rings is 1. The number of nitrogens with zero attached hydrogens (tertiary/aromatic N) is 2. The Kier molecular flexibility index (Phi) is 2.48. The summed E-state index contributed by atoms with van der Waals surface area (Å²) in [6.07, 6.45) is 4.17. The van der Waals surface area contributed by atoms with Crippen LogP contribution >= 0.6 is 15.9 Å². The van der Waals surface area contributed by atoms with E-state index in [9.17, 15) is 9.59 Å². The molecule has 0 saturated heterocycles. The number of carbonyl (C=O) groups excluding carboxylic acids is 2. The van der Waals surface area contributed by atoms with Crippen LogP contribution in [0.1, 0.15) is 0 Å². The Labute approximate surface area is 111 Å². The fourth-order valence-electron chi connectivity index (χ4n) is 1.94. The van der Waals surface area contributed by atoms with Crippen molar-refractivity contribution in [2.24, 2.45) is 0 Å². The molecular formula is C13H7BrN2O2. The van der Waals surface area contributed by atoms with Crippen molar-refractivity contribution in [3.63, 3.8) is 0 Å². The molecule has 2 aromatic rings. The van der Waals surface area contributed by atoms with E-state index in [0.29, 0.717) is 11.2 Å². The molecule has 3 rings (SSSR count). The number of para-hydroxylation sites is 1. The molecule has 0 bridgehead atoms. The van der Waals surface area contributed by atoms with Gasteiger partial charge in [0.1, 0.15) is 0 Å². The molecule has 1 aliphatic heterocycles. The number of benzene rings is 1. The van der Waals surface area contributed by atoms with Gasteiger partial charge in [0.05, 0.1) is 11.2 Å². The number of hydrogen-bond acceptors (Lipinski definition) is 3. The van der Waals surface area contributed by atoms with E-state index in [1.165, 1.54) is 12.2 Å². The Morgan fingerprint density at radius 1 is 1.11 bits per heavy atom. The Balaban J connectivity index is 2.24. The molecule has 0 spiro atoms. The summed E-state index contributed by atoms with van der Waals surface area (Å²) in [7, 11) is 0. The van der Waals surface area contributed by atoms with Crippen LogP contribution in [-0.2, 0) is 9.59 Å². The van der Waals surface area contributed by atoms with Crippen LogP contribution in [0.4, 0.5) is 5.69 Å². The van der Waals surface area contributed by atoms with Crippen LogP contribution in [0, 0.1) is 0 Å². The van der Waals surface area contributed by atoms with Gasteiger partial charge in [0.2, 0.25) is 0 Å². The third kappa shape index (κ3) is 1.64. The van der Waals surface area contributed by atoms with Crippen molar-refractivity contribution >= 4 is 44.3 Å². The summed E-state index contributed by atoms with van der Waals surface area (Å²) >= 11 is 3.34. The van der Waals surface area contributed by atoms with Gasteiger partial charge in [0, 0.05) is 28.2 Å². The zero-order valence-corrected chi connectivity index (χ0v) is 10.7. The molecule has 18 heavy (non-hydrogen) atoms. The Hall–Kier alpha value is -2.01. The predicted octanol–water partition coefficient (Wildman–Crippen LogP) is 2.43. The highest BCUT2D eigenvalue weighted by molar-refractivity contribution is 9.10. The summed E-state index contributed by atoms with van der Waals surface area (Å²) < 4.78 is 0.851. The minimum absolute atomic E-state index is 0.336. The van der Waals surface area contributed by atoms with Crippen LogP contribution in [0.25, 0.3) is 10.9 Å². The molecule has 1 aliphatic rings. The normalized spacial score (nSPS) is 14.8. The molecule has 88 valence electrons. The van der Waals surface area contributed by atoms with Crippen molar-refractivity contribution in [1.29, 1.82) is 0 Å². The molecule has 0 radical (unpaired) electrons. The van der Waals surface area contributed by atoms with Gasteiger partial charge in [-0.1, -0.05) is 12.1 Å². The highest BCUT2D eigenvalue weighted by Crippen LogP contribution is 2.28. The summed E-state index contributed by atoms with van der Waals surface area (Å²) in [5, 5.41) is 0.870. The monoisotopic (exact) mass is 302 g/mol. The van der Waals surface area contributed by atoms with E-state index < -0.39 is 0 Å². The molecule has 1 aromatic carbocycles. The molecule has 5 heteroatoms. The number of imide groups is 1. The highest BCUT2D eigenvalue weighted by Gasteiger charge is 2.26. The van der Waals surface area contributed by atoms with Gasteiger partial charge in [0.25, 0.3) is 11.8 Å². The minimum atomic E-state index is -0.336. The fraction of sp³-hybridized carbons (Fsp3) is 0. The Morgan fingerprint density at radius 2 is 1.83 bits per heavy atom. The molecule has 0 unspecified atom stereocenters. The maximum absolute atomic E-state index is 11.7. The maximum Gasteiger partial charge on any atom is 0.258 e. The van der Waals surface area contributed by atoms with Gasteiger partial charge in [0.15, 0.2) is 0 Å². The molecule has 4 nitrogen and oxygen atoms in total. The summed E-state index contributed by atoms with van der Waals surface area (Å²) in [5.41, 5.74) is 1.14. The average molecular weight is 303 g/mol. The summed E-state index contributed by atoms with van der Waals surface area (Å²) in [5.74, 6) is -0.672. The first-order chi connectivity index (χ1) is 8.66. The highest BCUT2D eigenvalue weighted by atomic mass is 79.9. The molecular weight excluding hydrogens is 296 g/mol. The first kappa shape index (κ1) is 11.1. The molecule has 0 atom stereocenters. The van der Waals surface area contributed by atoms with E-state index >= 15 is 0 Å². The molecule has 1 aromatic heterocycles. The van der Waals surface area contributed by atoms with E-state index in [1.807, 2.05) is 12.1 Å². The van der Waals surface area contributed by atoms with Crippen LogP contribution < -0.4 is 4.90 Å². The van der Waals surface area contributed by atoms with Crippen LogP contribution in [0.3, 0.4) is 0 Å². The van der Waals surface area contributed by atoms with E-state index in [0.717, 1.165) is 14.8 Å². The first-order valence-corrected chi connectivity index (χ1v) is 6.06. The van der Waals surface area contributed by atoms with Crippen molar-refractivity contribution < 1.29 is 9.59 Å². The number of hydrogen-bond donors (Lipinski definition) is 0. The second kappa shape index (κ2) is 4.03. The summed E-state index contributed by atoms with van der Waals surface area (Å²) in [4.78, 5) is 28.8. The molecule has 2 heterocycles. The molecule has 0 saturated carbocycles. The molecule has 2 amide bonds. The van der Waals surface area contributed by atoms with Crippen LogP contribution in [0.2, 0.25) is 0 Å². The number of aromatic nitrogens is 1. The van der Waals surface area contributed by atoms with E-state index in [2.05, 4.69) is 20.9 Å². The van der Waals surface area contributed by atoms with Crippen molar-refractivity contribution in [2.75, 3.05) is 4.90 Å². The number of amides is 2. The SMILES string of the molecule is O=C1C=CC(=O)N1c1cccc2cc(Br)cnc12. The van der Waals surface area contributed by atoms with Gasteiger partial charge >= 0.3 is 0 Å². The lowest BCUT2D eigenvalue weighted by molar-refractivity contribution is -0.119. The van der Waals surface area contributed by atoms with Gasteiger partial charge in [-0.3, -0.25) is 14.6 Å². The van der Waals surface area contributed by atoms with Gasteiger partial charge in [-0.05, 0) is 28.1 Å². The second-order valence-electron chi connectivity index (χ2n) is 3.85. The Bertz CT molecular complexity index is 691. The van der Waals surface area contributed by atoms with Crippen molar-refractivity contribution in [3.05, 3.63) is 47.1 Å². The lowest BCUT2D eigenvalue weighted by Crippen LogP contribution is -2.29. The maximum atomic E-state index is 11.7. The van der Waals surface area contributed by atoms with Gasteiger partial charge in [-0.2, -0.15) is 0 Å². The summed E-state index contributed by atoms with van der Waals surface area (Å²) in [6, 6.07) is 7.29. The largest absolute Gasteiger partial charge is 0.269 e. The van der Waals surface area contributed by atoms with Crippen molar-refractivity contribution in [2.45, 2.75) is 0 Å². The van der Waals surface area contributed by atoms with Crippen molar-refractivity contribution in [3.8, 4) is 0 Å². The van der Waals surface area contributed by atoms with E-state index in [1.54, 1.807) is 18.3 Å². The number of halogens is 1. The quantitative estimate of drug-likeness (QED) is 0.760. The fourth-order valence-corrected chi connectivity index (χ4v) is 2.28. The van der Waals surface area contributed by atoms with Crippen LogP contribution in [0.5, 0.6) is 0 Å².